The molecule has 0 saturated heterocycles. The van der Waals surface area contributed by atoms with Crippen LogP contribution in [-0.2, 0) is 12.0 Å². The molecule has 1 unspecified atom stereocenters. The SMILES string of the molecule is CC(O)(Cc1cccc(F)c1Cl)c1ccc(Br)cc1Cl. The Balaban J connectivity index is 2.38. The number of hydrogen-bond acceptors (Lipinski definition) is 1. The fraction of sp³-hybridized carbons (Fsp3) is 0.200. The zero-order chi connectivity index (χ0) is 14.9. The third-order valence-corrected chi connectivity index (χ3v) is 4.31. The van der Waals surface area contributed by atoms with Gasteiger partial charge in [-0.15, -0.1) is 0 Å². The lowest BCUT2D eigenvalue weighted by Gasteiger charge is -2.25. The summed E-state index contributed by atoms with van der Waals surface area (Å²) in [6.45, 7) is 1.63. The van der Waals surface area contributed by atoms with Gasteiger partial charge in [0.2, 0.25) is 0 Å². The van der Waals surface area contributed by atoms with Gasteiger partial charge in [-0.25, -0.2) is 4.39 Å². The normalized spacial score (nSPS) is 14.1. The van der Waals surface area contributed by atoms with E-state index in [1.165, 1.54) is 6.07 Å². The molecular formula is C15H12BrCl2FO. The number of rotatable bonds is 3. The van der Waals surface area contributed by atoms with Crippen LogP contribution >= 0.6 is 39.1 Å². The summed E-state index contributed by atoms with van der Waals surface area (Å²) < 4.78 is 14.3. The van der Waals surface area contributed by atoms with E-state index in [4.69, 9.17) is 23.2 Å². The van der Waals surface area contributed by atoms with E-state index in [0.29, 0.717) is 16.1 Å². The Bertz CT molecular complexity index is 644. The monoisotopic (exact) mass is 376 g/mol. The topological polar surface area (TPSA) is 20.2 Å². The number of halogens is 4. The summed E-state index contributed by atoms with van der Waals surface area (Å²) in [7, 11) is 0. The molecule has 0 amide bonds. The molecule has 0 radical (unpaired) electrons. The minimum Gasteiger partial charge on any atom is -0.385 e. The third kappa shape index (κ3) is 3.34. The Kier molecular flexibility index (Phi) is 4.75. The predicted molar refractivity (Wildman–Crippen MR) is 83.8 cm³/mol. The molecule has 0 fully saturated rings. The third-order valence-electron chi connectivity index (χ3n) is 3.08. The van der Waals surface area contributed by atoms with Gasteiger partial charge in [0.1, 0.15) is 5.82 Å². The predicted octanol–water partition coefficient (Wildman–Crippen LogP) is 5.35. The van der Waals surface area contributed by atoms with Crippen LogP contribution in [-0.4, -0.2) is 5.11 Å². The van der Waals surface area contributed by atoms with Crippen molar-refractivity contribution in [2.24, 2.45) is 0 Å². The second kappa shape index (κ2) is 6.02. The Hall–Kier alpha value is -0.610. The highest BCUT2D eigenvalue weighted by Gasteiger charge is 2.27. The highest BCUT2D eigenvalue weighted by molar-refractivity contribution is 9.10. The minimum atomic E-state index is -1.24. The van der Waals surface area contributed by atoms with Crippen molar-refractivity contribution in [3.8, 4) is 0 Å². The van der Waals surface area contributed by atoms with Gasteiger partial charge in [0.05, 0.1) is 10.6 Å². The van der Waals surface area contributed by atoms with Crippen LogP contribution in [0.3, 0.4) is 0 Å². The number of aliphatic hydroxyl groups is 1. The lowest BCUT2D eigenvalue weighted by Crippen LogP contribution is -2.25. The summed E-state index contributed by atoms with van der Waals surface area (Å²) in [5.74, 6) is -0.498. The van der Waals surface area contributed by atoms with E-state index in [-0.39, 0.29) is 11.4 Å². The van der Waals surface area contributed by atoms with E-state index in [0.717, 1.165) is 4.47 Å². The van der Waals surface area contributed by atoms with E-state index in [1.54, 1.807) is 37.3 Å². The molecule has 0 heterocycles. The molecule has 1 nitrogen and oxygen atoms in total. The molecule has 0 aromatic heterocycles. The van der Waals surface area contributed by atoms with Crippen LogP contribution in [0.5, 0.6) is 0 Å². The molecule has 2 aromatic carbocycles. The molecular weight excluding hydrogens is 366 g/mol. The summed E-state index contributed by atoms with van der Waals surface area (Å²) in [6, 6.07) is 9.77. The van der Waals surface area contributed by atoms with Gasteiger partial charge in [-0.3, -0.25) is 0 Å². The second-order valence-electron chi connectivity index (χ2n) is 4.79. The summed E-state index contributed by atoms with van der Waals surface area (Å²) >= 11 is 15.4. The van der Waals surface area contributed by atoms with Crippen molar-refractivity contribution in [2.75, 3.05) is 0 Å². The van der Waals surface area contributed by atoms with Crippen molar-refractivity contribution < 1.29 is 9.50 Å². The molecule has 20 heavy (non-hydrogen) atoms. The van der Waals surface area contributed by atoms with Gasteiger partial charge in [0.15, 0.2) is 0 Å². The summed E-state index contributed by atoms with van der Waals surface area (Å²) in [5.41, 5.74) is -0.131. The van der Waals surface area contributed by atoms with Crippen LogP contribution in [0.2, 0.25) is 10.0 Å². The molecule has 0 spiro atoms. The van der Waals surface area contributed by atoms with E-state index >= 15 is 0 Å². The molecule has 0 aliphatic rings. The zero-order valence-electron chi connectivity index (χ0n) is 10.6. The van der Waals surface area contributed by atoms with Gasteiger partial charge in [-0.2, -0.15) is 0 Å². The fourth-order valence-electron chi connectivity index (χ4n) is 2.08. The first-order valence-electron chi connectivity index (χ1n) is 5.92. The Labute approximate surface area is 135 Å². The van der Waals surface area contributed by atoms with Crippen LogP contribution < -0.4 is 0 Å². The average molecular weight is 378 g/mol. The molecule has 0 saturated carbocycles. The van der Waals surface area contributed by atoms with E-state index < -0.39 is 11.4 Å². The van der Waals surface area contributed by atoms with Crippen LogP contribution in [0.4, 0.5) is 4.39 Å². The lowest BCUT2D eigenvalue weighted by atomic mass is 9.89. The first-order chi connectivity index (χ1) is 9.31. The maximum atomic E-state index is 13.4. The van der Waals surface area contributed by atoms with E-state index in [2.05, 4.69) is 15.9 Å². The average Bonchev–Trinajstić information content (AvgIpc) is 2.34. The second-order valence-corrected chi connectivity index (χ2v) is 6.49. The first-order valence-corrected chi connectivity index (χ1v) is 7.47. The van der Waals surface area contributed by atoms with Crippen molar-refractivity contribution >= 4 is 39.1 Å². The van der Waals surface area contributed by atoms with Crippen molar-refractivity contribution in [1.82, 2.24) is 0 Å². The molecule has 2 rings (SSSR count). The maximum Gasteiger partial charge on any atom is 0.142 e. The first kappa shape index (κ1) is 15.8. The smallest absolute Gasteiger partial charge is 0.142 e. The zero-order valence-corrected chi connectivity index (χ0v) is 13.7. The van der Waals surface area contributed by atoms with Crippen LogP contribution in [0.15, 0.2) is 40.9 Å². The highest BCUT2D eigenvalue weighted by atomic mass is 79.9. The molecule has 1 N–H and O–H groups in total. The van der Waals surface area contributed by atoms with Gasteiger partial charge in [0.25, 0.3) is 0 Å². The van der Waals surface area contributed by atoms with Gasteiger partial charge < -0.3 is 5.11 Å². The van der Waals surface area contributed by atoms with Gasteiger partial charge in [-0.1, -0.05) is 57.3 Å². The molecule has 0 bridgehead atoms. The van der Waals surface area contributed by atoms with E-state index in [1.807, 2.05) is 0 Å². The lowest BCUT2D eigenvalue weighted by molar-refractivity contribution is 0.0577. The largest absolute Gasteiger partial charge is 0.385 e. The van der Waals surface area contributed by atoms with Crippen molar-refractivity contribution in [1.29, 1.82) is 0 Å². The van der Waals surface area contributed by atoms with Gasteiger partial charge >= 0.3 is 0 Å². The maximum absolute atomic E-state index is 13.4. The summed E-state index contributed by atoms with van der Waals surface area (Å²) in [4.78, 5) is 0. The van der Waals surface area contributed by atoms with Crippen molar-refractivity contribution in [3.63, 3.8) is 0 Å². The molecule has 106 valence electrons. The standard InChI is InChI=1S/C15H12BrCl2FO/c1-15(20,11-6-5-10(16)7-12(11)17)8-9-3-2-4-13(19)14(9)18/h2-7,20H,8H2,1H3. The van der Waals surface area contributed by atoms with Crippen molar-refractivity contribution in [3.05, 3.63) is 67.9 Å². The molecule has 0 aliphatic carbocycles. The summed E-state index contributed by atoms with van der Waals surface area (Å²) in [6.07, 6.45) is 0.172. The van der Waals surface area contributed by atoms with E-state index in [9.17, 15) is 9.50 Å². The molecule has 2 aromatic rings. The minimum absolute atomic E-state index is 0.0287. The van der Waals surface area contributed by atoms with Crippen LogP contribution in [0.1, 0.15) is 18.1 Å². The van der Waals surface area contributed by atoms with Crippen LogP contribution in [0.25, 0.3) is 0 Å². The number of hydrogen-bond donors (Lipinski definition) is 1. The molecule has 0 aliphatic heterocycles. The van der Waals surface area contributed by atoms with Crippen molar-refractivity contribution in [2.45, 2.75) is 18.9 Å². The highest BCUT2D eigenvalue weighted by Crippen LogP contribution is 2.34. The molecule has 5 heteroatoms. The number of benzene rings is 2. The molecule has 1 atom stereocenters. The Morgan fingerprint density at radius 3 is 2.60 bits per heavy atom. The van der Waals surface area contributed by atoms with Gasteiger partial charge in [0, 0.05) is 21.5 Å². The van der Waals surface area contributed by atoms with Gasteiger partial charge in [-0.05, 0) is 30.7 Å². The van der Waals surface area contributed by atoms with Crippen LogP contribution in [0, 0.1) is 5.82 Å². The summed E-state index contributed by atoms with van der Waals surface area (Å²) in [5, 5.41) is 11.1. The fourth-order valence-corrected chi connectivity index (χ4v) is 3.15. The Morgan fingerprint density at radius 1 is 1.25 bits per heavy atom. The quantitative estimate of drug-likeness (QED) is 0.764. The Morgan fingerprint density at radius 2 is 1.95 bits per heavy atom.